The van der Waals surface area contributed by atoms with Crippen LogP contribution >= 0.6 is 11.3 Å². The van der Waals surface area contributed by atoms with Crippen LogP contribution in [-0.4, -0.2) is 31.1 Å². The summed E-state index contributed by atoms with van der Waals surface area (Å²) >= 11 is 1.05. The van der Waals surface area contributed by atoms with Crippen molar-refractivity contribution >= 4 is 17.3 Å². The summed E-state index contributed by atoms with van der Waals surface area (Å²) in [4.78, 5) is 7.83. The molecule has 2 aliphatic carbocycles. The Balaban J connectivity index is 1.40. The fraction of sp³-hybridized carbons (Fsp3) is 0.750. The van der Waals surface area contributed by atoms with E-state index in [1.165, 1.54) is 25.7 Å². The molecule has 0 aromatic carbocycles. The van der Waals surface area contributed by atoms with Gasteiger partial charge in [0.25, 0.3) is 0 Å². The van der Waals surface area contributed by atoms with Gasteiger partial charge in [-0.05, 0) is 43.4 Å². The molecule has 0 atom stereocenters. The van der Waals surface area contributed by atoms with Crippen molar-refractivity contribution in [3.8, 4) is 0 Å². The predicted octanol–water partition coefficient (Wildman–Crippen LogP) is 3.31. The van der Waals surface area contributed by atoms with E-state index in [-0.39, 0.29) is 0 Å². The van der Waals surface area contributed by atoms with Gasteiger partial charge in [-0.2, -0.15) is 13.2 Å². The second kappa shape index (κ2) is 7.29. The topological polar surface area (TPSA) is 49.3 Å². The molecule has 134 valence electrons. The molecule has 24 heavy (non-hydrogen) atoms. The Kier molecular flexibility index (Phi) is 5.32. The van der Waals surface area contributed by atoms with E-state index in [9.17, 15) is 13.2 Å². The van der Waals surface area contributed by atoms with Crippen LogP contribution in [0.15, 0.2) is 10.4 Å². The van der Waals surface area contributed by atoms with Gasteiger partial charge < -0.3 is 10.6 Å². The Bertz CT molecular complexity index is 564. The Morgan fingerprint density at radius 3 is 2.46 bits per heavy atom. The standard InChI is InChI=1S/C16H23F3N4S/c1-20-15(22-8-12(10-2-3-10)11-4-5-11)21-7-6-14-23-13(9-24-14)16(17,18)19/h9-12H,2-8H2,1H3,(H2,20,21,22). The highest BCUT2D eigenvalue weighted by Crippen LogP contribution is 2.48. The lowest BCUT2D eigenvalue weighted by Crippen LogP contribution is -2.41. The number of aromatic nitrogens is 1. The van der Waals surface area contributed by atoms with E-state index in [0.29, 0.717) is 23.9 Å². The molecule has 2 fully saturated rings. The number of halogens is 3. The number of rotatable bonds is 7. The molecule has 0 amide bonds. The maximum Gasteiger partial charge on any atom is 0.434 e. The van der Waals surface area contributed by atoms with E-state index in [1.807, 2.05) is 0 Å². The van der Waals surface area contributed by atoms with Gasteiger partial charge in [-0.1, -0.05) is 0 Å². The summed E-state index contributed by atoms with van der Waals surface area (Å²) in [5, 5.41) is 8.09. The highest BCUT2D eigenvalue weighted by molar-refractivity contribution is 7.09. The average molecular weight is 360 g/mol. The van der Waals surface area contributed by atoms with Gasteiger partial charge in [0.05, 0.1) is 5.01 Å². The molecule has 0 bridgehead atoms. The summed E-state index contributed by atoms with van der Waals surface area (Å²) in [7, 11) is 1.71. The number of aliphatic imine (C=N–C) groups is 1. The van der Waals surface area contributed by atoms with Gasteiger partial charge in [-0.3, -0.25) is 4.99 Å². The number of hydrogen-bond acceptors (Lipinski definition) is 3. The van der Waals surface area contributed by atoms with Gasteiger partial charge in [0, 0.05) is 31.9 Å². The van der Waals surface area contributed by atoms with Crippen LogP contribution in [0, 0.1) is 17.8 Å². The van der Waals surface area contributed by atoms with Crippen LogP contribution in [-0.2, 0) is 12.6 Å². The van der Waals surface area contributed by atoms with Crippen LogP contribution in [0.1, 0.15) is 36.4 Å². The van der Waals surface area contributed by atoms with E-state index in [2.05, 4.69) is 20.6 Å². The first-order valence-corrected chi connectivity index (χ1v) is 9.31. The second-order valence-corrected chi connectivity index (χ2v) is 7.54. The smallest absolute Gasteiger partial charge is 0.356 e. The third kappa shape index (κ3) is 4.84. The molecule has 0 aliphatic heterocycles. The van der Waals surface area contributed by atoms with E-state index < -0.39 is 11.9 Å². The molecule has 4 nitrogen and oxygen atoms in total. The quantitative estimate of drug-likeness (QED) is 0.579. The van der Waals surface area contributed by atoms with Crippen molar-refractivity contribution in [1.29, 1.82) is 0 Å². The molecule has 2 N–H and O–H groups in total. The molecule has 1 aromatic heterocycles. The summed E-state index contributed by atoms with van der Waals surface area (Å²) in [6.07, 6.45) is 1.48. The van der Waals surface area contributed by atoms with Crippen molar-refractivity contribution in [3.63, 3.8) is 0 Å². The molecule has 0 spiro atoms. The Morgan fingerprint density at radius 1 is 1.29 bits per heavy atom. The normalized spacial score (nSPS) is 19.0. The molecule has 0 saturated heterocycles. The first-order valence-electron chi connectivity index (χ1n) is 8.43. The van der Waals surface area contributed by atoms with Crippen molar-refractivity contribution in [2.75, 3.05) is 20.1 Å². The van der Waals surface area contributed by atoms with E-state index >= 15 is 0 Å². The molecule has 2 aliphatic rings. The van der Waals surface area contributed by atoms with Gasteiger partial charge in [-0.15, -0.1) is 11.3 Å². The number of alkyl halides is 3. The predicted molar refractivity (Wildman–Crippen MR) is 89.1 cm³/mol. The van der Waals surface area contributed by atoms with Crippen molar-refractivity contribution in [2.45, 2.75) is 38.3 Å². The van der Waals surface area contributed by atoms with Crippen LogP contribution in [0.5, 0.6) is 0 Å². The van der Waals surface area contributed by atoms with Crippen molar-refractivity contribution in [3.05, 3.63) is 16.1 Å². The zero-order chi connectivity index (χ0) is 17.2. The monoisotopic (exact) mass is 360 g/mol. The number of hydrogen-bond donors (Lipinski definition) is 2. The summed E-state index contributed by atoms with van der Waals surface area (Å²) in [6, 6.07) is 0. The highest BCUT2D eigenvalue weighted by Gasteiger charge is 2.41. The fourth-order valence-electron chi connectivity index (χ4n) is 3.05. The lowest BCUT2D eigenvalue weighted by Gasteiger charge is -2.18. The van der Waals surface area contributed by atoms with E-state index in [1.54, 1.807) is 7.05 Å². The molecule has 3 rings (SSSR count). The summed E-state index contributed by atoms with van der Waals surface area (Å²) in [5.41, 5.74) is -0.804. The first-order chi connectivity index (χ1) is 11.5. The fourth-order valence-corrected chi connectivity index (χ4v) is 3.85. The number of nitrogens with one attached hydrogen (secondary N) is 2. The van der Waals surface area contributed by atoms with Crippen molar-refractivity contribution in [1.82, 2.24) is 15.6 Å². The largest absolute Gasteiger partial charge is 0.434 e. The lowest BCUT2D eigenvalue weighted by atomic mass is 9.98. The molecule has 0 radical (unpaired) electrons. The van der Waals surface area contributed by atoms with Gasteiger partial charge in [0.15, 0.2) is 11.7 Å². The molecule has 8 heteroatoms. The Labute approximate surface area is 144 Å². The van der Waals surface area contributed by atoms with E-state index in [4.69, 9.17) is 0 Å². The van der Waals surface area contributed by atoms with Crippen LogP contribution < -0.4 is 10.6 Å². The minimum absolute atomic E-state index is 0.454. The molecule has 1 aromatic rings. The molecule has 2 saturated carbocycles. The zero-order valence-electron chi connectivity index (χ0n) is 13.7. The summed E-state index contributed by atoms with van der Waals surface area (Å²) in [6.45, 7) is 1.45. The van der Waals surface area contributed by atoms with Gasteiger partial charge in [-0.25, -0.2) is 4.98 Å². The minimum Gasteiger partial charge on any atom is -0.356 e. The SMILES string of the molecule is CN=C(NCCc1nc(C(F)(F)F)cs1)NCC(C1CC1)C1CC1. The Hall–Kier alpha value is -1.31. The lowest BCUT2D eigenvalue weighted by molar-refractivity contribution is -0.140. The number of nitrogens with zero attached hydrogens (tertiary/aromatic N) is 2. The summed E-state index contributed by atoms with van der Waals surface area (Å²) < 4.78 is 37.6. The first kappa shape index (κ1) is 17.5. The van der Waals surface area contributed by atoms with Gasteiger partial charge >= 0.3 is 6.18 Å². The van der Waals surface area contributed by atoms with Crippen LogP contribution in [0.4, 0.5) is 13.2 Å². The van der Waals surface area contributed by atoms with Crippen molar-refractivity contribution < 1.29 is 13.2 Å². The van der Waals surface area contributed by atoms with Crippen LogP contribution in [0.3, 0.4) is 0 Å². The van der Waals surface area contributed by atoms with Crippen molar-refractivity contribution in [2.24, 2.45) is 22.7 Å². The summed E-state index contributed by atoms with van der Waals surface area (Å²) in [5.74, 6) is 3.21. The van der Waals surface area contributed by atoms with Crippen LogP contribution in [0.2, 0.25) is 0 Å². The number of guanidine groups is 1. The second-order valence-electron chi connectivity index (χ2n) is 6.59. The third-order valence-electron chi connectivity index (χ3n) is 4.66. The minimum atomic E-state index is -4.36. The average Bonchev–Trinajstić information content (AvgIpc) is 3.45. The maximum absolute atomic E-state index is 12.5. The molecule has 1 heterocycles. The molecule has 0 unspecified atom stereocenters. The molecular formula is C16H23F3N4S. The Morgan fingerprint density at radius 2 is 1.96 bits per heavy atom. The van der Waals surface area contributed by atoms with E-state index in [0.717, 1.165) is 41.0 Å². The van der Waals surface area contributed by atoms with Crippen LogP contribution in [0.25, 0.3) is 0 Å². The third-order valence-corrected chi connectivity index (χ3v) is 5.57. The maximum atomic E-state index is 12.5. The molecular weight excluding hydrogens is 337 g/mol. The van der Waals surface area contributed by atoms with Gasteiger partial charge in [0.1, 0.15) is 0 Å². The zero-order valence-corrected chi connectivity index (χ0v) is 14.5. The van der Waals surface area contributed by atoms with Gasteiger partial charge in [0.2, 0.25) is 0 Å². The highest BCUT2D eigenvalue weighted by atomic mass is 32.1. The number of thiazole rings is 1.